The maximum Gasteiger partial charge on any atom is 0.337 e. The summed E-state index contributed by atoms with van der Waals surface area (Å²) >= 11 is 0. The van der Waals surface area contributed by atoms with Gasteiger partial charge in [-0.15, -0.1) is 0 Å². The van der Waals surface area contributed by atoms with E-state index in [4.69, 9.17) is 10.8 Å². The molecule has 1 heterocycles. The first-order valence-corrected chi connectivity index (χ1v) is 6.16. The van der Waals surface area contributed by atoms with Gasteiger partial charge in [0.2, 0.25) is 0 Å². The number of nitrogens with two attached hydrogens (primary N) is 1. The van der Waals surface area contributed by atoms with E-state index in [1.54, 1.807) is 0 Å². The van der Waals surface area contributed by atoms with Gasteiger partial charge in [-0.3, -0.25) is 0 Å². The zero-order valence-corrected chi connectivity index (χ0v) is 10.7. The van der Waals surface area contributed by atoms with Gasteiger partial charge in [-0.1, -0.05) is 20.3 Å². The number of rotatable bonds is 3. The number of nitrogen functional groups attached to an aromatic ring is 1. The molecular formula is C13H19N3O2. The number of aromatic carboxylic acids is 1. The number of hydrogen-bond acceptors (Lipinski definition) is 4. The topological polar surface area (TPSA) is 88.2 Å². The molecule has 0 saturated heterocycles. The van der Waals surface area contributed by atoms with E-state index in [0.717, 1.165) is 12.8 Å². The molecule has 1 saturated carbocycles. The molecule has 1 unspecified atom stereocenters. The number of aromatic nitrogens is 1. The van der Waals surface area contributed by atoms with Crippen LogP contribution < -0.4 is 11.1 Å². The van der Waals surface area contributed by atoms with Crippen LogP contribution >= 0.6 is 0 Å². The second-order valence-electron chi connectivity index (χ2n) is 5.50. The molecular weight excluding hydrogens is 230 g/mol. The van der Waals surface area contributed by atoms with Crippen molar-refractivity contribution in [1.29, 1.82) is 0 Å². The Balaban J connectivity index is 2.25. The lowest BCUT2D eigenvalue weighted by Gasteiger charge is -2.28. The summed E-state index contributed by atoms with van der Waals surface area (Å²) in [6.07, 6.45) is 4.86. The summed E-state index contributed by atoms with van der Waals surface area (Å²) < 4.78 is 0. The number of carbonyl (C=O) groups is 1. The molecule has 2 rings (SSSR count). The second kappa shape index (κ2) is 4.48. The van der Waals surface area contributed by atoms with Crippen LogP contribution in [0.3, 0.4) is 0 Å². The minimum Gasteiger partial charge on any atom is -0.478 e. The van der Waals surface area contributed by atoms with Gasteiger partial charge in [0.25, 0.3) is 0 Å². The van der Waals surface area contributed by atoms with Crippen molar-refractivity contribution in [3.8, 4) is 0 Å². The maximum absolute atomic E-state index is 11.0. The van der Waals surface area contributed by atoms with Gasteiger partial charge in [-0.2, -0.15) is 0 Å². The minimum absolute atomic E-state index is 0.100. The van der Waals surface area contributed by atoms with Crippen molar-refractivity contribution in [2.75, 3.05) is 11.1 Å². The SMILES string of the molecule is CC1(C)CCCC1Nc1nccc(C(=O)O)c1N. The molecule has 1 aromatic heterocycles. The van der Waals surface area contributed by atoms with Crippen molar-refractivity contribution < 1.29 is 9.90 Å². The number of anilines is 2. The molecule has 5 heteroatoms. The highest BCUT2D eigenvalue weighted by Crippen LogP contribution is 2.39. The highest BCUT2D eigenvalue weighted by molar-refractivity contribution is 5.96. The Labute approximate surface area is 106 Å². The number of carboxylic acid groups (broad SMARTS) is 1. The van der Waals surface area contributed by atoms with Crippen molar-refractivity contribution in [2.45, 2.75) is 39.2 Å². The Bertz CT molecular complexity index is 471. The van der Waals surface area contributed by atoms with Gasteiger partial charge in [0.1, 0.15) is 5.82 Å². The van der Waals surface area contributed by atoms with E-state index in [1.165, 1.54) is 18.7 Å². The van der Waals surface area contributed by atoms with Crippen LogP contribution in [0.15, 0.2) is 12.3 Å². The van der Waals surface area contributed by atoms with E-state index in [9.17, 15) is 4.79 Å². The van der Waals surface area contributed by atoms with Crippen LogP contribution in [0.2, 0.25) is 0 Å². The highest BCUT2D eigenvalue weighted by Gasteiger charge is 2.35. The number of carboxylic acids is 1. The molecule has 1 aliphatic rings. The van der Waals surface area contributed by atoms with Gasteiger partial charge in [0.15, 0.2) is 0 Å². The molecule has 1 aromatic rings. The summed E-state index contributed by atoms with van der Waals surface area (Å²) in [5.41, 5.74) is 6.35. The average Bonchev–Trinajstić information content (AvgIpc) is 2.61. The van der Waals surface area contributed by atoms with Crippen molar-refractivity contribution in [3.63, 3.8) is 0 Å². The first kappa shape index (κ1) is 12.7. The van der Waals surface area contributed by atoms with E-state index in [1.807, 2.05) is 0 Å². The monoisotopic (exact) mass is 249 g/mol. The van der Waals surface area contributed by atoms with Crippen LogP contribution in [0.4, 0.5) is 11.5 Å². The summed E-state index contributed by atoms with van der Waals surface area (Å²) in [6.45, 7) is 4.41. The summed E-state index contributed by atoms with van der Waals surface area (Å²) in [5, 5.41) is 12.3. The van der Waals surface area contributed by atoms with Gasteiger partial charge < -0.3 is 16.2 Å². The molecule has 98 valence electrons. The van der Waals surface area contributed by atoms with Gasteiger partial charge >= 0.3 is 5.97 Å². The van der Waals surface area contributed by atoms with Crippen LogP contribution in [-0.4, -0.2) is 22.1 Å². The Hall–Kier alpha value is -1.78. The van der Waals surface area contributed by atoms with Gasteiger partial charge in [-0.05, 0) is 24.3 Å². The Morgan fingerprint density at radius 3 is 2.89 bits per heavy atom. The fourth-order valence-corrected chi connectivity index (χ4v) is 2.53. The standard InChI is InChI=1S/C13H19N3O2/c1-13(2)6-3-4-9(13)16-11-10(14)8(12(17)18)5-7-15-11/h5,7,9H,3-4,6,14H2,1-2H3,(H,15,16)(H,17,18). The molecule has 0 radical (unpaired) electrons. The number of nitrogens with one attached hydrogen (secondary N) is 1. The van der Waals surface area contributed by atoms with Crippen molar-refractivity contribution in [3.05, 3.63) is 17.8 Å². The largest absolute Gasteiger partial charge is 0.478 e. The molecule has 0 bridgehead atoms. The fourth-order valence-electron chi connectivity index (χ4n) is 2.53. The molecule has 1 aliphatic carbocycles. The van der Waals surface area contributed by atoms with E-state index < -0.39 is 5.97 Å². The Morgan fingerprint density at radius 1 is 1.61 bits per heavy atom. The third kappa shape index (κ3) is 2.25. The van der Waals surface area contributed by atoms with Crippen LogP contribution in [-0.2, 0) is 0 Å². The Kier molecular flexibility index (Phi) is 3.15. The fraction of sp³-hybridized carbons (Fsp3) is 0.538. The van der Waals surface area contributed by atoms with Gasteiger partial charge in [0, 0.05) is 12.2 Å². The molecule has 0 aromatic carbocycles. The van der Waals surface area contributed by atoms with Crippen LogP contribution in [0.1, 0.15) is 43.5 Å². The molecule has 0 aliphatic heterocycles. The van der Waals surface area contributed by atoms with Crippen molar-refractivity contribution in [1.82, 2.24) is 4.98 Å². The predicted molar refractivity (Wildman–Crippen MR) is 70.7 cm³/mol. The molecule has 0 spiro atoms. The van der Waals surface area contributed by atoms with Crippen LogP contribution in [0, 0.1) is 5.41 Å². The maximum atomic E-state index is 11.0. The second-order valence-corrected chi connectivity index (χ2v) is 5.50. The van der Waals surface area contributed by atoms with E-state index in [-0.39, 0.29) is 22.7 Å². The van der Waals surface area contributed by atoms with Gasteiger partial charge in [0.05, 0.1) is 11.3 Å². The summed E-state index contributed by atoms with van der Waals surface area (Å²) in [5.74, 6) is -0.543. The third-order valence-corrected chi connectivity index (χ3v) is 3.79. The normalized spacial score (nSPS) is 21.8. The van der Waals surface area contributed by atoms with Crippen LogP contribution in [0.25, 0.3) is 0 Å². The summed E-state index contributed by atoms with van der Waals surface area (Å²) in [6, 6.07) is 1.71. The number of hydrogen-bond donors (Lipinski definition) is 3. The molecule has 0 amide bonds. The molecule has 5 nitrogen and oxygen atoms in total. The van der Waals surface area contributed by atoms with E-state index >= 15 is 0 Å². The van der Waals surface area contributed by atoms with Gasteiger partial charge in [-0.25, -0.2) is 9.78 Å². The lowest BCUT2D eigenvalue weighted by Crippen LogP contribution is -2.31. The Morgan fingerprint density at radius 2 is 2.33 bits per heavy atom. The lowest BCUT2D eigenvalue weighted by molar-refractivity contribution is 0.0698. The minimum atomic E-state index is -1.02. The average molecular weight is 249 g/mol. The lowest BCUT2D eigenvalue weighted by atomic mass is 9.87. The molecule has 1 fully saturated rings. The first-order valence-electron chi connectivity index (χ1n) is 6.16. The summed E-state index contributed by atoms with van der Waals surface area (Å²) in [4.78, 5) is 15.2. The molecule has 4 N–H and O–H groups in total. The van der Waals surface area contributed by atoms with E-state index in [2.05, 4.69) is 24.1 Å². The smallest absolute Gasteiger partial charge is 0.337 e. The van der Waals surface area contributed by atoms with E-state index in [0.29, 0.717) is 5.82 Å². The molecule has 1 atom stereocenters. The first-order chi connectivity index (χ1) is 8.42. The molecule has 18 heavy (non-hydrogen) atoms. The summed E-state index contributed by atoms with van der Waals surface area (Å²) in [7, 11) is 0. The van der Waals surface area contributed by atoms with Crippen molar-refractivity contribution in [2.24, 2.45) is 5.41 Å². The third-order valence-electron chi connectivity index (χ3n) is 3.79. The number of pyridine rings is 1. The zero-order valence-electron chi connectivity index (χ0n) is 10.7. The quantitative estimate of drug-likeness (QED) is 0.765. The predicted octanol–water partition coefficient (Wildman–Crippen LogP) is 2.35. The zero-order chi connectivity index (χ0) is 13.3. The van der Waals surface area contributed by atoms with Crippen molar-refractivity contribution >= 4 is 17.5 Å². The van der Waals surface area contributed by atoms with Crippen LogP contribution in [0.5, 0.6) is 0 Å². The highest BCUT2D eigenvalue weighted by atomic mass is 16.4. The number of nitrogens with zero attached hydrogens (tertiary/aromatic N) is 1.